The van der Waals surface area contributed by atoms with Crippen molar-refractivity contribution < 1.29 is 27.8 Å². The smallest absolute Gasteiger partial charge is 0.343 e. The molecule has 1 N–H and O–H groups in total. The van der Waals surface area contributed by atoms with Crippen molar-refractivity contribution in [2.45, 2.75) is 37.3 Å². The number of ether oxygens (including phenoxy) is 2. The first kappa shape index (κ1) is 23.6. The number of imide groups is 1. The quantitative estimate of drug-likeness (QED) is 0.563. The average Bonchev–Trinajstić information content (AvgIpc) is 2.74. The third kappa shape index (κ3) is 3.66. The standard InChI is InChI=1S/C23H18Cl2F2N4O4/c1-34-13-2-4-14(5-3-13)35-18-15(24)6-12(7-16(18)25)30-21(33)29-20(32)17(19(26)27)31(30)23-8-22(9-23,10-23)11-28/h2-7,17,19H,8-10H2,1H3,(H,29,32,33). The summed E-state index contributed by atoms with van der Waals surface area (Å²) >= 11 is 12.9. The molecule has 1 atom stereocenters. The normalized spacial score (nSPS) is 27.6. The van der Waals surface area contributed by atoms with Gasteiger partial charge in [-0.05, 0) is 55.7 Å². The molecule has 1 unspecified atom stereocenters. The maximum atomic E-state index is 14.1. The zero-order valence-corrected chi connectivity index (χ0v) is 19.7. The van der Waals surface area contributed by atoms with Gasteiger partial charge >= 0.3 is 6.03 Å². The first-order valence-corrected chi connectivity index (χ1v) is 11.3. The highest BCUT2D eigenvalue weighted by Crippen LogP contribution is 2.70. The van der Waals surface area contributed by atoms with Crippen molar-refractivity contribution in [2.75, 3.05) is 12.1 Å². The third-order valence-electron chi connectivity index (χ3n) is 6.64. The van der Waals surface area contributed by atoms with Crippen LogP contribution in [-0.4, -0.2) is 42.1 Å². The van der Waals surface area contributed by atoms with Crippen LogP contribution in [0.5, 0.6) is 17.2 Å². The number of methoxy groups -OCH3 is 1. The van der Waals surface area contributed by atoms with Gasteiger partial charge < -0.3 is 9.47 Å². The van der Waals surface area contributed by atoms with Crippen LogP contribution < -0.4 is 19.8 Å². The van der Waals surface area contributed by atoms with E-state index in [4.69, 9.17) is 32.7 Å². The number of hydrogen-bond acceptors (Lipinski definition) is 6. The number of urea groups is 1. The number of amides is 3. The molecule has 3 amide bonds. The Hall–Kier alpha value is -3.13. The van der Waals surface area contributed by atoms with Gasteiger partial charge in [-0.15, -0.1) is 0 Å². The van der Waals surface area contributed by atoms with Crippen LogP contribution in [0, 0.1) is 16.7 Å². The van der Waals surface area contributed by atoms with Crippen molar-refractivity contribution in [3.8, 4) is 23.3 Å². The number of alkyl halides is 2. The van der Waals surface area contributed by atoms with Gasteiger partial charge in [-0.2, -0.15) is 10.3 Å². The molecule has 6 rings (SSSR count). The average molecular weight is 523 g/mol. The van der Waals surface area contributed by atoms with Crippen molar-refractivity contribution in [3.63, 3.8) is 0 Å². The Kier molecular flexibility index (Phi) is 5.55. The highest BCUT2D eigenvalue weighted by molar-refractivity contribution is 6.37. The van der Waals surface area contributed by atoms with Crippen molar-refractivity contribution in [1.82, 2.24) is 10.3 Å². The number of nitriles is 1. The summed E-state index contributed by atoms with van der Waals surface area (Å²) in [5.74, 6) is 0.0324. The Labute approximate surface area is 208 Å². The van der Waals surface area contributed by atoms with Gasteiger partial charge in [0.05, 0.1) is 34.3 Å². The lowest BCUT2D eigenvalue weighted by atomic mass is 9.39. The Morgan fingerprint density at radius 3 is 2.20 bits per heavy atom. The van der Waals surface area contributed by atoms with Crippen LogP contribution in [0.1, 0.15) is 19.3 Å². The van der Waals surface area contributed by atoms with E-state index in [2.05, 4.69) is 6.07 Å². The van der Waals surface area contributed by atoms with E-state index in [1.807, 2.05) is 5.32 Å². The SMILES string of the molecule is COc1ccc(Oc2c(Cl)cc(N3C(=O)NC(=O)C(C(F)F)N3C34CC(C#N)(C3)C4)cc2Cl)cc1. The summed E-state index contributed by atoms with van der Waals surface area (Å²) in [6.45, 7) is 0. The summed E-state index contributed by atoms with van der Waals surface area (Å²) in [6.07, 6.45) is -2.26. The fourth-order valence-electron chi connectivity index (χ4n) is 5.16. The minimum Gasteiger partial charge on any atom is -0.497 e. The molecule has 12 heteroatoms. The van der Waals surface area contributed by atoms with E-state index in [1.54, 1.807) is 24.3 Å². The van der Waals surface area contributed by atoms with E-state index >= 15 is 0 Å². The molecule has 3 aliphatic carbocycles. The monoisotopic (exact) mass is 522 g/mol. The Morgan fingerprint density at radius 1 is 1.11 bits per heavy atom. The van der Waals surface area contributed by atoms with Gasteiger partial charge in [-0.3, -0.25) is 10.1 Å². The van der Waals surface area contributed by atoms with Gasteiger partial charge in [0.25, 0.3) is 12.3 Å². The molecule has 1 aliphatic heterocycles. The number of nitrogens with zero attached hydrogens (tertiary/aromatic N) is 3. The Balaban J connectivity index is 1.51. The van der Waals surface area contributed by atoms with Gasteiger partial charge in [0, 0.05) is 5.54 Å². The largest absolute Gasteiger partial charge is 0.497 e. The summed E-state index contributed by atoms with van der Waals surface area (Å²) in [5, 5.41) is 13.5. The molecular weight excluding hydrogens is 505 g/mol. The first-order valence-electron chi connectivity index (χ1n) is 10.6. The summed E-state index contributed by atoms with van der Waals surface area (Å²) in [7, 11) is 1.53. The summed E-state index contributed by atoms with van der Waals surface area (Å²) in [6, 6.07) is 8.71. The predicted octanol–water partition coefficient (Wildman–Crippen LogP) is 5.15. The molecule has 3 saturated carbocycles. The lowest BCUT2D eigenvalue weighted by Gasteiger charge is -2.72. The van der Waals surface area contributed by atoms with Gasteiger partial charge in [0.2, 0.25) is 0 Å². The second-order valence-electron chi connectivity index (χ2n) is 8.89. The summed E-state index contributed by atoms with van der Waals surface area (Å²) in [4.78, 5) is 25.3. The number of rotatable bonds is 6. The first-order chi connectivity index (χ1) is 16.6. The molecule has 1 saturated heterocycles. The molecule has 4 aliphatic rings. The Bertz CT molecular complexity index is 1220. The Morgan fingerprint density at radius 2 is 1.69 bits per heavy atom. The lowest BCUT2D eigenvalue weighted by Crippen LogP contribution is -2.83. The number of anilines is 1. The fourth-order valence-corrected chi connectivity index (χ4v) is 5.71. The molecule has 0 spiro atoms. The molecule has 0 radical (unpaired) electrons. The molecule has 4 fully saturated rings. The summed E-state index contributed by atoms with van der Waals surface area (Å²) in [5.41, 5.74) is -1.45. The second-order valence-corrected chi connectivity index (χ2v) is 9.71. The fraction of sp³-hybridized carbons (Fsp3) is 0.348. The van der Waals surface area contributed by atoms with Crippen molar-refractivity contribution in [3.05, 3.63) is 46.4 Å². The van der Waals surface area contributed by atoms with E-state index < -0.39 is 35.4 Å². The number of hydrazine groups is 1. The predicted molar refractivity (Wildman–Crippen MR) is 122 cm³/mol. The van der Waals surface area contributed by atoms with E-state index in [0.717, 1.165) is 10.0 Å². The molecule has 2 aromatic rings. The zero-order chi connectivity index (χ0) is 25.1. The molecule has 35 heavy (non-hydrogen) atoms. The van der Waals surface area contributed by atoms with Gasteiger partial charge in [0.1, 0.15) is 11.5 Å². The lowest BCUT2D eigenvalue weighted by molar-refractivity contribution is -0.217. The number of halogens is 4. The number of carbonyl (C=O) groups is 2. The summed E-state index contributed by atoms with van der Waals surface area (Å²) < 4.78 is 39.0. The van der Waals surface area contributed by atoms with Crippen LogP contribution in [0.15, 0.2) is 36.4 Å². The number of carbonyl (C=O) groups excluding carboxylic acids is 2. The van der Waals surface area contributed by atoms with Crippen LogP contribution in [0.4, 0.5) is 19.3 Å². The van der Waals surface area contributed by atoms with Gasteiger partial charge in [0.15, 0.2) is 11.8 Å². The van der Waals surface area contributed by atoms with Crippen molar-refractivity contribution in [2.24, 2.45) is 5.41 Å². The molecule has 8 nitrogen and oxygen atoms in total. The van der Waals surface area contributed by atoms with E-state index in [0.29, 0.717) is 11.5 Å². The van der Waals surface area contributed by atoms with E-state index in [9.17, 15) is 23.6 Å². The van der Waals surface area contributed by atoms with Crippen molar-refractivity contribution >= 4 is 40.8 Å². The van der Waals surface area contributed by atoms with Gasteiger partial charge in [-0.25, -0.2) is 18.6 Å². The topological polar surface area (TPSA) is 94.9 Å². The minimum absolute atomic E-state index is 0.0210. The van der Waals surface area contributed by atoms with Crippen LogP contribution in [0.2, 0.25) is 10.0 Å². The highest BCUT2D eigenvalue weighted by Gasteiger charge is 2.75. The highest BCUT2D eigenvalue weighted by atomic mass is 35.5. The molecular formula is C23H18Cl2F2N4O4. The van der Waals surface area contributed by atoms with Gasteiger partial charge in [-0.1, -0.05) is 23.2 Å². The van der Waals surface area contributed by atoms with Crippen LogP contribution in [0.3, 0.4) is 0 Å². The molecule has 1 heterocycles. The second kappa shape index (κ2) is 8.22. The number of hydrogen-bond donors (Lipinski definition) is 1. The number of nitrogens with one attached hydrogen (secondary N) is 1. The van der Waals surface area contributed by atoms with Crippen LogP contribution in [0.25, 0.3) is 0 Å². The molecule has 182 valence electrons. The van der Waals surface area contributed by atoms with Crippen LogP contribution in [-0.2, 0) is 4.79 Å². The maximum Gasteiger partial charge on any atom is 0.343 e. The zero-order valence-electron chi connectivity index (χ0n) is 18.2. The van der Waals surface area contributed by atoms with Crippen LogP contribution >= 0.6 is 23.2 Å². The maximum absolute atomic E-state index is 14.1. The molecule has 0 aromatic heterocycles. The molecule has 2 bridgehead atoms. The molecule has 2 aromatic carbocycles. The van der Waals surface area contributed by atoms with Crippen molar-refractivity contribution in [1.29, 1.82) is 5.26 Å². The van der Waals surface area contributed by atoms with E-state index in [1.165, 1.54) is 19.2 Å². The number of benzene rings is 2. The minimum atomic E-state index is -3.08. The third-order valence-corrected chi connectivity index (χ3v) is 7.20. The van der Waals surface area contributed by atoms with E-state index in [-0.39, 0.29) is 40.7 Å².